The van der Waals surface area contributed by atoms with Gasteiger partial charge in [-0.2, -0.15) is 17.0 Å². The van der Waals surface area contributed by atoms with E-state index in [9.17, 15) is 8.42 Å². The minimum absolute atomic E-state index is 0.0561. The van der Waals surface area contributed by atoms with E-state index in [0.29, 0.717) is 32.8 Å². The minimum Gasteiger partial charge on any atom is -0.375 e. The summed E-state index contributed by atoms with van der Waals surface area (Å²) in [5, 5.41) is 0. The zero-order valence-electron chi connectivity index (χ0n) is 15.7. The quantitative estimate of drug-likeness (QED) is 0.722. The summed E-state index contributed by atoms with van der Waals surface area (Å²) in [6, 6.07) is 0. The van der Waals surface area contributed by atoms with Crippen LogP contribution in [0.1, 0.15) is 34.6 Å². The van der Waals surface area contributed by atoms with Gasteiger partial charge >= 0.3 is 0 Å². The van der Waals surface area contributed by atoms with Crippen LogP contribution in [0.5, 0.6) is 0 Å². The van der Waals surface area contributed by atoms with E-state index in [2.05, 4.69) is 4.90 Å². The third kappa shape index (κ3) is 5.64. The van der Waals surface area contributed by atoms with Gasteiger partial charge in [0.1, 0.15) is 0 Å². The van der Waals surface area contributed by atoms with Gasteiger partial charge in [-0.3, -0.25) is 4.90 Å². The van der Waals surface area contributed by atoms with Gasteiger partial charge in [-0.1, -0.05) is 0 Å². The van der Waals surface area contributed by atoms with Gasteiger partial charge in [-0.25, -0.2) is 0 Å². The van der Waals surface area contributed by atoms with Crippen LogP contribution in [0.3, 0.4) is 0 Å². The largest absolute Gasteiger partial charge is 0.375 e. The highest BCUT2D eigenvalue weighted by molar-refractivity contribution is 7.86. The number of hydrogen-bond donors (Lipinski definition) is 0. The predicted molar refractivity (Wildman–Crippen MR) is 94.2 cm³/mol. The normalized spacial score (nSPS) is 29.0. The zero-order valence-corrected chi connectivity index (χ0v) is 16.5. The van der Waals surface area contributed by atoms with Crippen LogP contribution in [0.15, 0.2) is 0 Å². The number of piperazine rings is 1. The molecule has 0 aromatic rings. The van der Waals surface area contributed by atoms with Crippen molar-refractivity contribution in [2.45, 2.75) is 52.4 Å². The molecular weight excluding hydrogens is 330 g/mol. The van der Waals surface area contributed by atoms with Gasteiger partial charge in [-0.15, -0.1) is 0 Å². The number of hydrogen-bond acceptors (Lipinski definition) is 5. The SMILES string of the molecule is CC1CN(S(=O)(=O)N2CCN(CCOC(C)(C)C)CC2)CC(C)O1. The summed E-state index contributed by atoms with van der Waals surface area (Å²) in [4.78, 5) is 2.27. The number of ether oxygens (including phenoxy) is 2. The van der Waals surface area contributed by atoms with Crippen molar-refractivity contribution in [3.8, 4) is 0 Å². The molecule has 142 valence electrons. The Kier molecular flexibility index (Phi) is 6.66. The van der Waals surface area contributed by atoms with Crippen LogP contribution in [-0.4, -0.2) is 92.2 Å². The van der Waals surface area contributed by atoms with Crippen molar-refractivity contribution in [1.82, 2.24) is 13.5 Å². The van der Waals surface area contributed by atoms with E-state index >= 15 is 0 Å². The summed E-state index contributed by atoms with van der Waals surface area (Å²) in [6.07, 6.45) is -0.112. The van der Waals surface area contributed by atoms with Crippen LogP contribution in [0.4, 0.5) is 0 Å². The molecule has 2 unspecified atom stereocenters. The summed E-state index contributed by atoms with van der Waals surface area (Å²) in [7, 11) is -3.39. The maximum atomic E-state index is 12.8. The van der Waals surface area contributed by atoms with Gasteiger partial charge in [0.2, 0.25) is 0 Å². The molecule has 8 heteroatoms. The summed E-state index contributed by atoms with van der Waals surface area (Å²) >= 11 is 0. The molecule has 2 aliphatic heterocycles. The molecule has 2 rings (SSSR count). The average Bonchev–Trinajstić information content (AvgIpc) is 2.45. The summed E-state index contributed by atoms with van der Waals surface area (Å²) in [5.74, 6) is 0. The van der Waals surface area contributed by atoms with E-state index in [1.807, 2.05) is 34.6 Å². The molecule has 0 aromatic carbocycles. The maximum absolute atomic E-state index is 12.8. The second-order valence-corrected chi connectivity index (χ2v) is 9.71. The molecule has 0 radical (unpaired) electrons. The molecule has 0 N–H and O–H groups in total. The highest BCUT2D eigenvalue weighted by atomic mass is 32.2. The number of morpholine rings is 1. The third-order valence-corrected chi connectivity index (χ3v) is 6.28. The molecule has 2 atom stereocenters. The fraction of sp³-hybridized carbons (Fsp3) is 1.00. The molecule has 0 saturated carbocycles. The van der Waals surface area contributed by atoms with Gasteiger partial charge in [0, 0.05) is 45.8 Å². The Morgan fingerprint density at radius 3 is 2.04 bits per heavy atom. The molecule has 2 saturated heterocycles. The first-order chi connectivity index (χ1) is 11.1. The first-order valence-electron chi connectivity index (χ1n) is 8.85. The van der Waals surface area contributed by atoms with Gasteiger partial charge in [0.05, 0.1) is 24.4 Å². The molecule has 7 nitrogen and oxygen atoms in total. The van der Waals surface area contributed by atoms with Crippen molar-refractivity contribution in [2.75, 3.05) is 52.4 Å². The van der Waals surface area contributed by atoms with Crippen LogP contribution in [0, 0.1) is 0 Å². The highest BCUT2D eigenvalue weighted by Gasteiger charge is 2.36. The van der Waals surface area contributed by atoms with E-state index in [4.69, 9.17) is 9.47 Å². The van der Waals surface area contributed by atoms with Gasteiger partial charge < -0.3 is 9.47 Å². The van der Waals surface area contributed by atoms with E-state index in [1.54, 1.807) is 8.61 Å². The molecule has 0 aromatic heterocycles. The predicted octanol–water partition coefficient (Wildman–Crippen LogP) is 0.773. The van der Waals surface area contributed by atoms with E-state index in [1.165, 1.54) is 0 Å². The van der Waals surface area contributed by atoms with Crippen molar-refractivity contribution in [2.24, 2.45) is 0 Å². The fourth-order valence-electron chi connectivity index (χ4n) is 3.15. The second kappa shape index (κ2) is 7.97. The van der Waals surface area contributed by atoms with Crippen LogP contribution in [0.25, 0.3) is 0 Å². The Bertz CT molecular complexity index is 488. The Morgan fingerprint density at radius 2 is 1.54 bits per heavy atom. The Hall–Kier alpha value is -0.250. The standard InChI is InChI=1S/C16H33N3O4S/c1-14-12-19(13-15(2)23-14)24(20,21)18-8-6-17(7-9-18)10-11-22-16(3,4)5/h14-15H,6-13H2,1-5H3. The summed E-state index contributed by atoms with van der Waals surface area (Å²) in [6.45, 7) is 15.0. The first kappa shape index (κ1) is 20.1. The molecule has 2 fully saturated rings. The van der Waals surface area contributed by atoms with Gasteiger partial charge in [0.15, 0.2) is 0 Å². The molecule has 0 aliphatic carbocycles. The van der Waals surface area contributed by atoms with Crippen LogP contribution >= 0.6 is 0 Å². The maximum Gasteiger partial charge on any atom is 0.282 e. The lowest BCUT2D eigenvalue weighted by molar-refractivity contribution is -0.0460. The van der Waals surface area contributed by atoms with Crippen molar-refractivity contribution in [3.63, 3.8) is 0 Å². The topological polar surface area (TPSA) is 62.3 Å². The Labute approximate surface area is 147 Å². The minimum atomic E-state index is -3.39. The van der Waals surface area contributed by atoms with Crippen molar-refractivity contribution >= 4 is 10.2 Å². The van der Waals surface area contributed by atoms with E-state index < -0.39 is 10.2 Å². The molecule has 2 aliphatic rings. The monoisotopic (exact) mass is 363 g/mol. The second-order valence-electron chi connectivity index (χ2n) is 7.78. The molecule has 0 amide bonds. The number of rotatable bonds is 5. The Balaban J connectivity index is 1.82. The lowest BCUT2D eigenvalue weighted by atomic mass is 10.2. The van der Waals surface area contributed by atoms with Crippen molar-refractivity contribution in [1.29, 1.82) is 0 Å². The first-order valence-corrected chi connectivity index (χ1v) is 10.2. The lowest BCUT2D eigenvalue weighted by Crippen LogP contribution is -2.57. The zero-order chi connectivity index (χ0) is 18.0. The molecule has 0 bridgehead atoms. The van der Waals surface area contributed by atoms with E-state index in [-0.39, 0.29) is 17.8 Å². The fourth-order valence-corrected chi connectivity index (χ4v) is 4.90. The molecule has 0 spiro atoms. The summed E-state index contributed by atoms with van der Waals surface area (Å²) < 4.78 is 40.2. The van der Waals surface area contributed by atoms with Crippen molar-refractivity contribution in [3.05, 3.63) is 0 Å². The van der Waals surface area contributed by atoms with Crippen molar-refractivity contribution < 1.29 is 17.9 Å². The summed E-state index contributed by atoms with van der Waals surface area (Å²) in [5.41, 5.74) is -0.130. The lowest BCUT2D eigenvalue weighted by Gasteiger charge is -2.40. The number of nitrogens with zero attached hydrogens (tertiary/aromatic N) is 3. The molecule has 2 heterocycles. The van der Waals surface area contributed by atoms with Crippen LogP contribution < -0.4 is 0 Å². The average molecular weight is 364 g/mol. The molecule has 24 heavy (non-hydrogen) atoms. The smallest absolute Gasteiger partial charge is 0.282 e. The Morgan fingerprint density at radius 1 is 1.00 bits per heavy atom. The third-order valence-electron chi connectivity index (χ3n) is 4.31. The van der Waals surface area contributed by atoms with E-state index in [0.717, 1.165) is 19.6 Å². The van der Waals surface area contributed by atoms with Crippen LogP contribution in [0.2, 0.25) is 0 Å². The van der Waals surface area contributed by atoms with Crippen LogP contribution in [-0.2, 0) is 19.7 Å². The van der Waals surface area contributed by atoms with Gasteiger partial charge in [-0.05, 0) is 34.6 Å². The molecular formula is C16H33N3O4S. The highest BCUT2D eigenvalue weighted by Crippen LogP contribution is 2.19. The van der Waals surface area contributed by atoms with Gasteiger partial charge in [0.25, 0.3) is 10.2 Å².